The molecule has 1 aliphatic heterocycles. The molecule has 8 heteroatoms. The fraction of sp³-hybridized carbons (Fsp3) is 0.308. The Morgan fingerprint density at radius 2 is 2.14 bits per heavy atom. The topological polar surface area (TPSA) is 66.5 Å². The summed E-state index contributed by atoms with van der Waals surface area (Å²) >= 11 is 8.32. The van der Waals surface area contributed by atoms with Crippen molar-refractivity contribution in [2.45, 2.75) is 4.90 Å². The molecule has 1 aliphatic rings. The number of benzene rings is 1. The molecule has 1 saturated heterocycles. The Bertz CT molecular complexity index is 552. The molecule has 0 spiro atoms. The first-order chi connectivity index (χ1) is 10.1. The van der Waals surface area contributed by atoms with E-state index in [2.05, 4.69) is 5.32 Å². The third-order valence-electron chi connectivity index (χ3n) is 2.69. The van der Waals surface area contributed by atoms with E-state index in [9.17, 15) is 14.4 Å². The number of amides is 3. The summed E-state index contributed by atoms with van der Waals surface area (Å²) < 4.78 is 0. The number of hydrogen-bond acceptors (Lipinski definition) is 5. The van der Waals surface area contributed by atoms with Crippen LogP contribution in [0.15, 0.2) is 29.2 Å². The number of rotatable bonds is 6. The standard InChI is InChI=1S/C13H13ClN2O3S2/c14-9-3-1-2-4-10(9)20-7-11(17)15-5-6-16-12(18)8-21-13(16)19/h1-4H,5-8H2,(H,15,17). The summed E-state index contributed by atoms with van der Waals surface area (Å²) in [7, 11) is 0. The number of nitrogens with one attached hydrogen (secondary N) is 1. The molecule has 1 aromatic carbocycles. The molecule has 0 atom stereocenters. The molecule has 0 unspecified atom stereocenters. The zero-order chi connectivity index (χ0) is 15.2. The molecular formula is C13H13ClN2O3S2. The summed E-state index contributed by atoms with van der Waals surface area (Å²) in [6, 6.07) is 7.30. The summed E-state index contributed by atoms with van der Waals surface area (Å²) in [6.45, 7) is 0.479. The Kier molecular flexibility index (Phi) is 5.96. The second-order valence-electron chi connectivity index (χ2n) is 4.17. The lowest BCUT2D eigenvalue weighted by Gasteiger charge is -2.13. The molecule has 0 saturated carbocycles. The minimum absolute atomic E-state index is 0.160. The van der Waals surface area contributed by atoms with Gasteiger partial charge in [-0.3, -0.25) is 19.3 Å². The smallest absolute Gasteiger partial charge is 0.288 e. The van der Waals surface area contributed by atoms with E-state index in [4.69, 9.17) is 11.6 Å². The molecular weight excluding hydrogens is 332 g/mol. The van der Waals surface area contributed by atoms with Crippen molar-refractivity contribution >= 4 is 52.2 Å². The SMILES string of the molecule is O=C(CSc1ccccc1Cl)NCCN1C(=O)CSC1=O. The van der Waals surface area contributed by atoms with E-state index in [-0.39, 0.29) is 41.6 Å². The summed E-state index contributed by atoms with van der Waals surface area (Å²) in [6.07, 6.45) is 0. The molecule has 1 N–H and O–H groups in total. The molecule has 2 rings (SSSR count). The lowest BCUT2D eigenvalue weighted by atomic mass is 10.4. The van der Waals surface area contributed by atoms with Crippen LogP contribution in [0, 0.1) is 0 Å². The van der Waals surface area contributed by atoms with E-state index in [0.717, 1.165) is 21.6 Å². The first-order valence-electron chi connectivity index (χ1n) is 6.19. The van der Waals surface area contributed by atoms with Gasteiger partial charge in [0.2, 0.25) is 11.8 Å². The van der Waals surface area contributed by atoms with Crippen molar-refractivity contribution in [3.05, 3.63) is 29.3 Å². The van der Waals surface area contributed by atoms with Crippen molar-refractivity contribution in [2.24, 2.45) is 0 Å². The van der Waals surface area contributed by atoms with Crippen LogP contribution in [0.1, 0.15) is 0 Å². The zero-order valence-electron chi connectivity index (χ0n) is 11.0. The van der Waals surface area contributed by atoms with E-state index in [1.54, 1.807) is 6.07 Å². The van der Waals surface area contributed by atoms with Crippen LogP contribution in [0.25, 0.3) is 0 Å². The van der Waals surface area contributed by atoms with Crippen molar-refractivity contribution in [2.75, 3.05) is 24.6 Å². The minimum atomic E-state index is -0.250. The number of halogens is 1. The van der Waals surface area contributed by atoms with Crippen LogP contribution >= 0.6 is 35.1 Å². The van der Waals surface area contributed by atoms with Gasteiger partial charge in [0.15, 0.2) is 0 Å². The fourth-order valence-electron chi connectivity index (χ4n) is 1.66. The highest BCUT2D eigenvalue weighted by atomic mass is 35.5. The molecule has 1 aromatic rings. The van der Waals surface area contributed by atoms with E-state index >= 15 is 0 Å². The Balaban J connectivity index is 1.69. The lowest BCUT2D eigenvalue weighted by molar-refractivity contribution is -0.125. The third kappa shape index (κ3) is 4.66. The molecule has 0 radical (unpaired) electrons. The van der Waals surface area contributed by atoms with E-state index in [0.29, 0.717) is 5.02 Å². The van der Waals surface area contributed by atoms with Gasteiger partial charge in [-0.2, -0.15) is 0 Å². The summed E-state index contributed by atoms with van der Waals surface area (Å²) in [5.74, 6) is 0.0616. The van der Waals surface area contributed by atoms with Gasteiger partial charge >= 0.3 is 0 Å². The average molecular weight is 345 g/mol. The maximum atomic E-state index is 11.7. The Hall–Kier alpha value is -1.18. The predicted octanol–water partition coefficient (Wildman–Crippen LogP) is 2.24. The summed E-state index contributed by atoms with van der Waals surface area (Å²) in [4.78, 5) is 36.4. The van der Waals surface area contributed by atoms with Crippen LogP contribution in [0.4, 0.5) is 4.79 Å². The van der Waals surface area contributed by atoms with Gasteiger partial charge < -0.3 is 5.32 Å². The first-order valence-corrected chi connectivity index (χ1v) is 8.54. The van der Waals surface area contributed by atoms with Crippen LogP contribution in [-0.4, -0.2) is 46.5 Å². The number of carbonyl (C=O) groups excluding carboxylic acids is 3. The van der Waals surface area contributed by atoms with Crippen molar-refractivity contribution in [1.29, 1.82) is 0 Å². The molecule has 1 fully saturated rings. The largest absolute Gasteiger partial charge is 0.354 e. The number of imide groups is 1. The van der Waals surface area contributed by atoms with Gasteiger partial charge in [-0.15, -0.1) is 11.8 Å². The van der Waals surface area contributed by atoms with Crippen molar-refractivity contribution in [1.82, 2.24) is 10.2 Å². The van der Waals surface area contributed by atoms with E-state index in [1.165, 1.54) is 11.8 Å². The highest BCUT2D eigenvalue weighted by Crippen LogP contribution is 2.26. The van der Waals surface area contributed by atoms with Crippen LogP contribution in [0.2, 0.25) is 5.02 Å². The first kappa shape index (κ1) is 16.2. The van der Waals surface area contributed by atoms with Gasteiger partial charge in [0, 0.05) is 18.0 Å². The average Bonchev–Trinajstić information content (AvgIpc) is 2.78. The van der Waals surface area contributed by atoms with Gasteiger partial charge in [-0.25, -0.2) is 0 Å². The van der Waals surface area contributed by atoms with Crippen LogP contribution in [0.3, 0.4) is 0 Å². The highest BCUT2D eigenvalue weighted by Gasteiger charge is 2.29. The Labute approximate surface area is 135 Å². The van der Waals surface area contributed by atoms with Gasteiger partial charge in [0.1, 0.15) is 0 Å². The normalized spacial score (nSPS) is 14.6. The molecule has 112 valence electrons. The van der Waals surface area contributed by atoms with Crippen LogP contribution in [0.5, 0.6) is 0 Å². The summed E-state index contributed by atoms with van der Waals surface area (Å²) in [5.41, 5.74) is 0. The van der Waals surface area contributed by atoms with E-state index < -0.39 is 0 Å². The highest BCUT2D eigenvalue weighted by molar-refractivity contribution is 8.14. The number of thioether (sulfide) groups is 2. The van der Waals surface area contributed by atoms with Crippen molar-refractivity contribution in [3.8, 4) is 0 Å². The molecule has 5 nitrogen and oxygen atoms in total. The maximum absolute atomic E-state index is 11.7. The van der Waals surface area contributed by atoms with Gasteiger partial charge in [0.05, 0.1) is 16.5 Å². The predicted molar refractivity (Wildman–Crippen MR) is 84.8 cm³/mol. The van der Waals surface area contributed by atoms with Crippen LogP contribution < -0.4 is 5.32 Å². The number of carbonyl (C=O) groups is 3. The lowest BCUT2D eigenvalue weighted by Crippen LogP contribution is -2.38. The Morgan fingerprint density at radius 1 is 1.38 bits per heavy atom. The van der Waals surface area contributed by atoms with Gasteiger partial charge in [0.25, 0.3) is 5.24 Å². The van der Waals surface area contributed by atoms with Crippen LogP contribution in [-0.2, 0) is 9.59 Å². The van der Waals surface area contributed by atoms with Gasteiger partial charge in [-0.05, 0) is 12.1 Å². The van der Waals surface area contributed by atoms with Gasteiger partial charge in [-0.1, -0.05) is 35.5 Å². The quantitative estimate of drug-likeness (QED) is 0.802. The molecule has 21 heavy (non-hydrogen) atoms. The fourth-order valence-corrected chi connectivity index (χ4v) is 3.48. The molecule has 3 amide bonds. The second-order valence-corrected chi connectivity index (χ2v) is 6.52. The maximum Gasteiger partial charge on any atom is 0.288 e. The van der Waals surface area contributed by atoms with E-state index in [1.807, 2.05) is 18.2 Å². The molecule has 0 aliphatic carbocycles. The zero-order valence-corrected chi connectivity index (χ0v) is 13.4. The molecule has 0 bridgehead atoms. The Morgan fingerprint density at radius 3 is 2.81 bits per heavy atom. The van der Waals surface area contributed by atoms with Crippen molar-refractivity contribution < 1.29 is 14.4 Å². The molecule has 1 heterocycles. The third-order valence-corrected chi connectivity index (χ3v) is 5.07. The monoisotopic (exact) mass is 344 g/mol. The summed E-state index contributed by atoms with van der Waals surface area (Å²) in [5, 5.41) is 3.04. The minimum Gasteiger partial charge on any atom is -0.354 e. The second kappa shape index (κ2) is 7.72. The number of hydrogen-bond donors (Lipinski definition) is 1. The molecule has 0 aromatic heterocycles. The van der Waals surface area contributed by atoms with Crippen molar-refractivity contribution in [3.63, 3.8) is 0 Å². The number of nitrogens with zero attached hydrogens (tertiary/aromatic N) is 1.